The number of rotatable bonds is 4. The first kappa shape index (κ1) is 21.1. The van der Waals surface area contributed by atoms with Crippen molar-refractivity contribution in [3.05, 3.63) is 36.0 Å². The number of carbonyl (C=O) groups is 3. The Hall–Kier alpha value is -2.16. The van der Waals surface area contributed by atoms with E-state index in [-0.39, 0.29) is 13.0 Å². The average Bonchev–Trinajstić information content (AvgIpc) is 2.96. The third kappa shape index (κ3) is 6.20. The Labute approximate surface area is 169 Å². The number of fused-ring (bicyclic) bond motifs is 1. The molecule has 146 valence electrons. The molecule has 0 unspecified atom stereocenters. The lowest BCUT2D eigenvalue weighted by molar-refractivity contribution is -0.148. The number of nitrogens with zero attached hydrogens (tertiary/aromatic N) is 1. The van der Waals surface area contributed by atoms with Crippen molar-refractivity contribution in [2.45, 2.75) is 17.1 Å². The molecule has 2 aromatic rings. The zero-order chi connectivity index (χ0) is 20.0. The van der Waals surface area contributed by atoms with E-state index >= 15 is 0 Å². The van der Waals surface area contributed by atoms with Crippen molar-refractivity contribution in [3.8, 4) is 0 Å². The molecule has 1 amide bonds. The maximum atomic E-state index is 12.0. The van der Waals surface area contributed by atoms with Gasteiger partial charge < -0.3 is 14.3 Å². The quantitative estimate of drug-likeness (QED) is 0.445. The lowest BCUT2D eigenvalue weighted by Gasteiger charge is -2.11. The van der Waals surface area contributed by atoms with Crippen LogP contribution in [0.15, 0.2) is 30.5 Å². The number of alkyl halides is 3. The number of carbonyl (C=O) groups excluding carboxylic acids is 3. The summed E-state index contributed by atoms with van der Waals surface area (Å²) in [5, 5.41) is 0.668. The minimum Gasteiger partial charge on any atom is -0.449 e. The maximum Gasteiger partial charge on any atom is 0.440 e. The van der Waals surface area contributed by atoms with Crippen LogP contribution in [0.2, 0.25) is 0 Å². The highest BCUT2D eigenvalue weighted by atomic mass is 35.6. The fraction of sp³-hybridized carbons (Fsp3) is 0.312. The number of nitrogens with one attached hydrogen (secondary N) is 1. The van der Waals surface area contributed by atoms with Gasteiger partial charge in [0.15, 0.2) is 0 Å². The Kier molecular flexibility index (Phi) is 7.18. The second kappa shape index (κ2) is 9.16. The molecular weight excluding hydrogens is 423 g/mol. The third-order valence-electron chi connectivity index (χ3n) is 3.21. The lowest BCUT2D eigenvalue weighted by Crippen LogP contribution is -2.30. The first-order valence-electron chi connectivity index (χ1n) is 7.66. The molecular formula is C16H15Cl3N2O6. The second-order valence-corrected chi connectivity index (χ2v) is 7.70. The molecule has 0 fully saturated rings. The summed E-state index contributed by atoms with van der Waals surface area (Å²) in [6.45, 7) is 1.38. The topological polar surface area (TPSA) is 95.9 Å². The summed E-state index contributed by atoms with van der Waals surface area (Å²) < 4.78 is 9.06. The van der Waals surface area contributed by atoms with Crippen molar-refractivity contribution in [3.63, 3.8) is 0 Å². The van der Waals surface area contributed by atoms with E-state index < -0.39 is 28.6 Å². The van der Waals surface area contributed by atoms with Crippen LogP contribution in [0.4, 0.5) is 9.59 Å². The van der Waals surface area contributed by atoms with Gasteiger partial charge in [0.25, 0.3) is 0 Å². The predicted molar refractivity (Wildman–Crippen MR) is 98.9 cm³/mol. The highest BCUT2D eigenvalue weighted by Gasteiger charge is 2.23. The fourth-order valence-electron chi connectivity index (χ4n) is 2.20. The molecule has 1 aromatic carbocycles. The summed E-state index contributed by atoms with van der Waals surface area (Å²) >= 11 is 16.3. The monoisotopic (exact) mass is 436 g/mol. The molecule has 0 radical (unpaired) electrons. The van der Waals surface area contributed by atoms with Crippen molar-refractivity contribution in [2.24, 2.45) is 0 Å². The Morgan fingerprint density at radius 3 is 2.52 bits per heavy atom. The van der Waals surface area contributed by atoms with E-state index in [1.165, 1.54) is 10.8 Å². The van der Waals surface area contributed by atoms with Crippen LogP contribution in [0.3, 0.4) is 0 Å². The van der Waals surface area contributed by atoms with E-state index in [0.717, 1.165) is 0 Å². The number of amides is 1. The van der Waals surface area contributed by atoms with Gasteiger partial charge in [-0.05, 0) is 18.6 Å². The van der Waals surface area contributed by atoms with Crippen LogP contribution in [0.25, 0.3) is 10.9 Å². The molecule has 8 nitrogen and oxygen atoms in total. The van der Waals surface area contributed by atoms with Gasteiger partial charge in [0.1, 0.15) is 6.61 Å². The third-order valence-corrected chi connectivity index (χ3v) is 3.54. The van der Waals surface area contributed by atoms with Gasteiger partial charge in [-0.3, -0.25) is 4.57 Å². The van der Waals surface area contributed by atoms with Gasteiger partial charge in [-0.1, -0.05) is 53.0 Å². The number of aromatic nitrogens is 1. The van der Waals surface area contributed by atoms with Crippen LogP contribution in [0.1, 0.15) is 12.5 Å². The lowest BCUT2D eigenvalue weighted by atomic mass is 10.1. The van der Waals surface area contributed by atoms with Crippen LogP contribution in [-0.2, 0) is 25.5 Å². The van der Waals surface area contributed by atoms with E-state index in [1.54, 1.807) is 36.7 Å². The van der Waals surface area contributed by atoms with Gasteiger partial charge in [0, 0.05) is 11.6 Å². The van der Waals surface area contributed by atoms with E-state index in [1.807, 2.05) is 0 Å². The molecule has 11 heteroatoms. The van der Waals surface area contributed by atoms with Gasteiger partial charge in [-0.15, -0.1) is 5.48 Å². The zero-order valence-electron chi connectivity index (χ0n) is 14.0. The Morgan fingerprint density at radius 2 is 1.85 bits per heavy atom. The minimum absolute atomic E-state index is 0.211. The maximum absolute atomic E-state index is 12.0. The molecule has 0 aliphatic rings. The van der Waals surface area contributed by atoms with Crippen LogP contribution in [-0.4, -0.2) is 39.7 Å². The van der Waals surface area contributed by atoms with Crippen LogP contribution in [0, 0.1) is 0 Å². The van der Waals surface area contributed by atoms with Gasteiger partial charge in [0.2, 0.25) is 3.79 Å². The molecule has 0 saturated heterocycles. The van der Waals surface area contributed by atoms with E-state index in [0.29, 0.717) is 16.5 Å². The summed E-state index contributed by atoms with van der Waals surface area (Å²) in [7, 11) is 0. The number of benzene rings is 1. The normalized spacial score (nSPS) is 11.1. The molecule has 2 rings (SSSR count). The van der Waals surface area contributed by atoms with Crippen molar-refractivity contribution in [2.75, 3.05) is 13.2 Å². The highest BCUT2D eigenvalue weighted by Crippen LogP contribution is 2.26. The number of ether oxygens (including phenoxy) is 2. The molecule has 27 heavy (non-hydrogen) atoms. The van der Waals surface area contributed by atoms with Crippen molar-refractivity contribution >= 4 is 63.9 Å². The Morgan fingerprint density at radius 1 is 1.15 bits per heavy atom. The van der Waals surface area contributed by atoms with E-state index in [4.69, 9.17) is 39.5 Å². The van der Waals surface area contributed by atoms with Gasteiger partial charge in [-0.25, -0.2) is 14.4 Å². The molecule has 0 aliphatic heterocycles. The molecule has 0 saturated carbocycles. The zero-order valence-corrected chi connectivity index (χ0v) is 16.3. The summed E-state index contributed by atoms with van der Waals surface area (Å²) in [6, 6.07) is 6.98. The standard InChI is InChI=1S/C16H15Cl3N2O6/c1-2-25-15(24)21-8-10(11-5-3-4-6-12(11)21)7-13(22)27-20-14(23)26-9-16(17,18)19/h3-6,8H,2,7,9H2,1H3,(H,20,23). The van der Waals surface area contributed by atoms with Gasteiger partial charge in [-0.2, -0.15) is 0 Å². The number of para-hydroxylation sites is 1. The van der Waals surface area contributed by atoms with Crippen LogP contribution < -0.4 is 5.48 Å². The summed E-state index contributed by atoms with van der Waals surface area (Å²) in [4.78, 5) is 40.0. The number of hydrogen-bond acceptors (Lipinski definition) is 6. The first-order chi connectivity index (χ1) is 12.7. The molecule has 1 heterocycles. The molecule has 1 N–H and O–H groups in total. The van der Waals surface area contributed by atoms with Crippen LogP contribution in [0.5, 0.6) is 0 Å². The van der Waals surface area contributed by atoms with Crippen molar-refractivity contribution in [1.29, 1.82) is 0 Å². The second-order valence-electron chi connectivity index (χ2n) is 5.18. The predicted octanol–water partition coefficient (Wildman–Crippen LogP) is 3.74. The fourth-order valence-corrected chi connectivity index (χ4v) is 2.37. The van der Waals surface area contributed by atoms with Gasteiger partial charge in [0.05, 0.1) is 18.5 Å². The smallest absolute Gasteiger partial charge is 0.440 e. The summed E-state index contributed by atoms with van der Waals surface area (Å²) in [5.41, 5.74) is 2.88. The van der Waals surface area contributed by atoms with Crippen molar-refractivity contribution < 1.29 is 28.7 Å². The Balaban J connectivity index is 2.02. The van der Waals surface area contributed by atoms with E-state index in [2.05, 4.69) is 9.57 Å². The largest absolute Gasteiger partial charge is 0.449 e. The number of hydroxylamine groups is 1. The number of hydrogen-bond donors (Lipinski definition) is 1. The number of halogens is 3. The summed E-state index contributed by atoms with van der Waals surface area (Å²) in [5.74, 6) is -0.785. The SMILES string of the molecule is CCOC(=O)n1cc(CC(=O)ONC(=O)OCC(Cl)(Cl)Cl)c2ccccc21. The summed E-state index contributed by atoms with van der Waals surface area (Å²) in [6.07, 6.45) is -0.395. The molecule has 0 atom stereocenters. The average molecular weight is 438 g/mol. The molecule has 0 spiro atoms. The minimum atomic E-state index is -1.78. The molecule has 0 bridgehead atoms. The Bertz CT molecular complexity index is 846. The molecule has 1 aromatic heterocycles. The first-order valence-corrected chi connectivity index (χ1v) is 8.80. The van der Waals surface area contributed by atoms with E-state index in [9.17, 15) is 14.4 Å². The van der Waals surface area contributed by atoms with Crippen LogP contribution >= 0.6 is 34.8 Å². The molecule has 0 aliphatic carbocycles. The van der Waals surface area contributed by atoms with Crippen molar-refractivity contribution in [1.82, 2.24) is 10.0 Å². The van der Waals surface area contributed by atoms with Gasteiger partial charge >= 0.3 is 18.2 Å². The highest BCUT2D eigenvalue weighted by molar-refractivity contribution is 6.67.